The van der Waals surface area contributed by atoms with Gasteiger partial charge in [0, 0.05) is 42.0 Å². The lowest BCUT2D eigenvalue weighted by Crippen LogP contribution is -2.45. The van der Waals surface area contributed by atoms with Gasteiger partial charge in [0.2, 0.25) is 0 Å². The molecule has 0 aliphatic carbocycles. The van der Waals surface area contributed by atoms with Crippen molar-refractivity contribution in [2.45, 2.75) is 19.8 Å². The average molecular weight is 219 g/mol. The van der Waals surface area contributed by atoms with E-state index in [1.165, 1.54) is 0 Å². The molecule has 0 aromatic carbocycles. The Bertz CT molecular complexity index is 172. The number of hydrogen-bond acceptors (Lipinski definition) is 3. The molecule has 14 heavy (non-hydrogen) atoms. The minimum atomic E-state index is -0.669. The van der Waals surface area contributed by atoms with E-state index in [2.05, 4.69) is 12.2 Å². The zero-order chi connectivity index (χ0) is 10.2. The highest BCUT2D eigenvalue weighted by molar-refractivity contribution is 7.85. The summed E-state index contributed by atoms with van der Waals surface area (Å²) in [5, 5.41) is 3.18. The van der Waals surface area contributed by atoms with Gasteiger partial charge < -0.3 is 10.1 Å². The summed E-state index contributed by atoms with van der Waals surface area (Å²) in [5.41, 5.74) is 0. The molecule has 1 heterocycles. The summed E-state index contributed by atoms with van der Waals surface area (Å²) in [6.45, 7) is 5.71. The lowest BCUT2D eigenvalue weighted by molar-refractivity contribution is 0.146. The van der Waals surface area contributed by atoms with Gasteiger partial charge in [-0.25, -0.2) is 0 Å². The van der Waals surface area contributed by atoms with Crippen LogP contribution < -0.4 is 5.32 Å². The molecule has 1 atom stereocenters. The second kappa shape index (κ2) is 7.37. The Hall–Kier alpha value is 0.0700. The van der Waals surface area contributed by atoms with Gasteiger partial charge in [0.25, 0.3) is 0 Å². The van der Waals surface area contributed by atoms with Crippen molar-refractivity contribution in [3.05, 3.63) is 0 Å². The SMILES string of the molecule is CCCCOCCS(=O)CC1CNC1. The Morgan fingerprint density at radius 2 is 2.21 bits per heavy atom. The first-order chi connectivity index (χ1) is 6.83. The van der Waals surface area contributed by atoms with E-state index in [0.717, 1.165) is 38.3 Å². The first-order valence-electron chi connectivity index (χ1n) is 5.46. The van der Waals surface area contributed by atoms with E-state index >= 15 is 0 Å². The molecular formula is C10H21NO2S. The summed E-state index contributed by atoms with van der Waals surface area (Å²) in [4.78, 5) is 0. The standard InChI is InChI=1S/C10H21NO2S/c1-2-3-4-13-5-6-14(12)9-10-7-11-8-10/h10-11H,2-9H2,1H3. The molecule has 0 amide bonds. The average Bonchev–Trinajstić information content (AvgIpc) is 2.11. The first kappa shape index (κ1) is 12.1. The Morgan fingerprint density at radius 3 is 2.79 bits per heavy atom. The van der Waals surface area contributed by atoms with E-state index in [4.69, 9.17) is 4.74 Å². The van der Waals surface area contributed by atoms with Gasteiger partial charge in [-0.1, -0.05) is 13.3 Å². The fourth-order valence-electron chi connectivity index (χ4n) is 1.31. The van der Waals surface area contributed by atoms with E-state index in [-0.39, 0.29) is 0 Å². The molecule has 3 nitrogen and oxygen atoms in total. The molecule has 0 saturated carbocycles. The van der Waals surface area contributed by atoms with Crippen molar-refractivity contribution >= 4 is 10.8 Å². The second-order valence-electron chi connectivity index (χ2n) is 3.80. The lowest BCUT2D eigenvalue weighted by atomic mass is 10.1. The van der Waals surface area contributed by atoms with Crippen molar-refractivity contribution in [1.82, 2.24) is 5.32 Å². The Labute approximate surface area is 89.1 Å². The molecule has 0 aromatic rings. The summed E-state index contributed by atoms with van der Waals surface area (Å²) < 4.78 is 16.9. The second-order valence-corrected chi connectivity index (χ2v) is 5.42. The van der Waals surface area contributed by atoms with Crippen molar-refractivity contribution in [2.75, 3.05) is 37.8 Å². The van der Waals surface area contributed by atoms with Crippen molar-refractivity contribution in [2.24, 2.45) is 5.92 Å². The molecule has 1 N–H and O–H groups in total. The summed E-state index contributed by atoms with van der Waals surface area (Å²) in [6.07, 6.45) is 2.27. The minimum absolute atomic E-state index is 0.645. The van der Waals surface area contributed by atoms with E-state index in [9.17, 15) is 4.21 Å². The zero-order valence-corrected chi connectivity index (χ0v) is 9.78. The molecule has 1 aliphatic heterocycles. The zero-order valence-electron chi connectivity index (χ0n) is 8.96. The number of unbranched alkanes of at least 4 members (excludes halogenated alkanes) is 1. The molecule has 0 aromatic heterocycles. The molecule has 0 spiro atoms. The van der Waals surface area contributed by atoms with Crippen LogP contribution in [0.4, 0.5) is 0 Å². The van der Waals surface area contributed by atoms with Crippen LogP contribution in [0, 0.1) is 5.92 Å². The Kier molecular flexibility index (Phi) is 6.39. The van der Waals surface area contributed by atoms with E-state index in [1.54, 1.807) is 0 Å². The van der Waals surface area contributed by atoms with Crippen LogP contribution >= 0.6 is 0 Å². The normalized spacial score (nSPS) is 19.2. The Balaban J connectivity index is 1.87. The van der Waals surface area contributed by atoms with Crippen LogP contribution in [0.2, 0.25) is 0 Å². The predicted molar refractivity (Wildman–Crippen MR) is 60.0 cm³/mol. The van der Waals surface area contributed by atoms with Crippen LogP contribution in [0.5, 0.6) is 0 Å². The van der Waals surface area contributed by atoms with Gasteiger partial charge in [-0.2, -0.15) is 0 Å². The maximum atomic E-state index is 11.5. The molecule has 1 aliphatic rings. The molecule has 0 bridgehead atoms. The summed E-state index contributed by atoms with van der Waals surface area (Å²) in [7, 11) is -0.669. The molecule has 0 radical (unpaired) electrons. The summed E-state index contributed by atoms with van der Waals surface area (Å²) in [5.74, 6) is 2.20. The van der Waals surface area contributed by atoms with Crippen LogP contribution in [0.25, 0.3) is 0 Å². The van der Waals surface area contributed by atoms with Gasteiger partial charge in [-0.05, 0) is 12.3 Å². The molecule has 1 unspecified atom stereocenters. The predicted octanol–water partition coefficient (Wildman–Crippen LogP) is 0.771. The monoisotopic (exact) mass is 219 g/mol. The number of nitrogens with one attached hydrogen (secondary N) is 1. The third kappa shape index (κ3) is 5.08. The Morgan fingerprint density at radius 1 is 1.43 bits per heavy atom. The van der Waals surface area contributed by atoms with Crippen LogP contribution in [0.15, 0.2) is 0 Å². The van der Waals surface area contributed by atoms with Crippen LogP contribution in [0.1, 0.15) is 19.8 Å². The highest BCUT2D eigenvalue weighted by Crippen LogP contribution is 2.04. The molecule has 1 fully saturated rings. The van der Waals surface area contributed by atoms with Gasteiger partial charge in [-0.15, -0.1) is 0 Å². The van der Waals surface area contributed by atoms with Crippen LogP contribution in [-0.2, 0) is 15.5 Å². The molecule has 1 rings (SSSR count). The smallest absolute Gasteiger partial charge is 0.0581 e. The topological polar surface area (TPSA) is 38.3 Å². The first-order valence-corrected chi connectivity index (χ1v) is 6.95. The number of rotatable bonds is 8. The quantitative estimate of drug-likeness (QED) is 0.613. The van der Waals surface area contributed by atoms with Crippen LogP contribution in [0.3, 0.4) is 0 Å². The van der Waals surface area contributed by atoms with Crippen molar-refractivity contribution in [1.29, 1.82) is 0 Å². The number of hydrogen-bond donors (Lipinski definition) is 1. The van der Waals surface area contributed by atoms with Gasteiger partial charge in [-0.3, -0.25) is 4.21 Å². The van der Waals surface area contributed by atoms with E-state index in [0.29, 0.717) is 18.3 Å². The van der Waals surface area contributed by atoms with Crippen molar-refractivity contribution < 1.29 is 8.95 Å². The minimum Gasteiger partial charge on any atom is -0.380 e. The van der Waals surface area contributed by atoms with Crippen molar-refractivity contribution in [3.8, 4) is 0 Å². The number of ether oxygens (including phenoxy) is 1. The molecule has 4 heteroatoms. The summed E-state index contributed by atoms with van der Waals surface area (Å²) >= 11 is 0. The fourth-order valence-corrected chi connectivity index (χ4v) is 2.54. The van der Waals surface area contributed by atoms with E-state index in [1.807, 2.05) is 0 Å². The van der Waals surface area contributed by atoms with Crippen LogP contribution in [-0.4, -0.2) is 42.0 Å². The molecule has 1 saturated heterocycles. The summed E-state index contributed by atoms with van der Waals surface area (Å²) in [6, 6.07) is 0. The van der Waals surface area contributed by atoms with Crippen molar-refractivity contribution in [3.63, 3.8) is 0 Å². The lowest BCUT2D eigenvalue weighted by Gasteiger charge is -2.26. The third-order valence-electron chi connectivity index (χ3n) is 2.39. The van der Waals surface area contributed by atoms with Gasteiger partial charge in [0.15, 0.2) is 0 Å². The molecular weight excluding hydrogens is 198 g/mol. The van der Waals surface area contributed by atoms with E-state index < -0.39 is 10.8 Å². The van der Waals surface area contributed by atoms with Gasteiger partial charge in [0.1, 0.15) is 0 Å². The van der Waals surface area contributed by atoms with Gasteiger partial charge >= 0.3 is 0 Å². The molecule has 84 valence electrons. The maximum Gasteiger partial charge on any atom is 0.0581 e. The maximum absolute atomic E-state index is 11.5. The fraction of sp³-hybridized carbons (Fsp3) is 1.00. The third-order valence-corrected chi connectivity index (χ3v) is 3.85. The highest BCUT2D eigenvalue weighted by Gasteiger charge is 2.18. The highest BCUT2D eigenvalue weighted by atomic mass is 32.2. The largest absolute Gasteiger partial charge is 0.380 e. The van der Waals surface area contributed by atoms with Gasteiger partial charge in [0.05, 0.1) is 6.61 Å².